The van der Waals surface area contributed by atoms with Gasteiger partial charge in [0.05, 0.1) is 22.1 Å². The van der Waals surface area contributed by atoms with Crippen LogP contribution in [0.5, 0.6) is 0 Å². The number of rotatable bonds is 5. The Morgan fingerprint density at radius 1 is 0.288 bits per heavy atom. The highest BCUT2D eigenvalue weighted by Gasteiger charge is 2.21. The molecule has 4 aromatic heterocycles. The molecule has 0 saturated heterocycles. The van der Waals surface area contributed by atoms with Crippen LogP contribution in [0.2, 0.25) is 0 Å². The Balaban J connectivity index is 0.922. The van der Waals surface area contributed by atoms with Crippen molar-refractivity contribution in [3.05, 3.63) is 237 Å². The maximum Gasteiger partial charge on any atom is 0.164 e. The molecule has 16 rings (SSSR count). The van der Waals surface area contributed by atoms with Gasteiger partial charge in [-0.25, -0.2) is 15.0 Å². The molecular formula is C67H39N5O. The molecule has 16 aromatic rings. The van der Waals surface area contributed by atoms with Crippen molar-refractivity contribution in [3.8, 4) is 45.5 Å². The number of aromatic nitrogens is 5. The topological polar surface area (TPSA) is 61.7 Å². The van der Waals surface area contributed by atoms with Gasteiger partial charge < -0.3 is 13.6 Å². The van der Waals surface area contributed by atoms with E-state index in [1.54, 1.807) is 0 Å². The lowest BCUT2D eigenvalue weighted by atomic mass is 10.0. The van der Waals surface area contributed by atoms with Gasteiger partial charge in [0.2, 0.25) is 0 Å². The van der Waals surface area contributed by atoms with E-state index in [0.717, 1.165) is 82.6 Å². The van der Waals surface area contributed by atoms with Crippen LogP contribution in [0, 0.1) is 0 Å². The van der Waals surface area contributed by atoms with E-state index >= 15 is 0 Å². The van der Waals surface area contributed by atoms with E-state index in [-0.39, 0.29) is 0 Å². The van der Waals surface area contributed by atoms with E-state index in [1.807, 2.05) is 0 Å². The third kappa shape index (κ3) is 6.01. The number of benzene rings is 12. The summed E-state index contributed by atoms with van der Waals surface area (Å²) in [5, 5.41) is 16.2. The average molecular weight is 930 g/mol. The molecule has 338 valence electrons. The van der Waals surface area contributed by atoms with Crippen molar-refractivity contribution in [1.82, 2.24) is 24.1 Å². The molecule has 73 heavy (non-hydrogen) atoms. The molecule has 0 saturated carbocycles. The van der Waals surface area contributed by atoms with Gasteiger partial charge in [0.1, 0.15) is 11.2 Å². The third-order valence-electron chi connectivity index (χ3n) is 15.1. The second-order valence-corrected chi connectivity index (χ2v) is 19.1. The van der Waals surface area contributed by atoms with Crippen molar-refractivity contribution >= 4 is 109 Å². The van der Waals surface area contributed by atoms with E-state index in [0.29, 0.717) is 17.5 Å². The van der Waals surface area contributed by atoms with Crippen LogP contribution in [0.1, 0.15) is 0 Å². The first-order valence-electron chi connectivity index (χ1n) is 24.7. The van der Waals surface area contributed by atoms with Crippen molar-refractivity contribution in [1.29, 1.82) is 0 Å². The summed E-state index contributed by atoms with van der Waals surface area (Å²) < 4.78 is 11.5. The molecule has 6 heteroatoms. The predicted molar refractivity (Wildman–Crippen MR) is 302 cm³/mol. The predicted octanol–water partition coefficient (Wildman–Crippen LogP) is 17.6. The Morgan fingerprint density at radius 2 is 0.877 bits per heavy atom. The van der Waals surface area contributed by atoms with E-state index in [4.69, 9.17) is 19.4 Å². The van der Waals surface area contributed by atoms with Crippen molar-refractivity contribution in [2.45, 2.75) is 0 Å². The maximum atomic E-state index is 6.71. The van der Waals surface area contributed by atoms with Gasteiger partial charge in [-0.15, -0.1) is 0 Å². The molecule has 6 nitrogen and oxygen atoms in total. The van der Waals surface area contributed by atoms with E-state index < -0.39 is 0 Å². The van der Waals surface area contributed by atoms with Crippen LogP contribution < -0.4 is 0 Å². The number of hydrogen-bond acceptors (Lipinski definition) is 4. The molecule has 0 amide bonds. The number of hydrogen-bond donors (Lipinski definition) is 0. The highest BCUT2D eigenvalue weighted by molar-refractivity contribution is 6.22. The van der Waals surface area contributed by atoms with E-state index in [1.165, 1.54) is 54.1 Å². The van der Waals surface area contributed by atoms with Crippen LogP contribution >= 0.6 is 0 Å². The minimum Gasteiger partial charge on any atom is -0.456 e. The van der Waals surface area contributed by atoms with Crippen LogP contribution in [-0.4, -0.2) is 24.1 Å². The lowest BCUT2D eigenvalue weighted by Crippen LogP contribution is -2.01. The largest absolute Gasteiger partial charge is 0.456 e. The second kappa shape index (κ2) is 15.3. The number of furan rings is 1. The van der Waals surface area contributed by atoms with Crippen LogP contribution in [0.4, 0.5) is 0 Å². The minimum absolute atomic E-state index is 0.582. The Labute approximate surface area is 417 Å². The Kier molecular flexibility index (Phi) is 8.36. The molecule has 0 N–H and O–H groups in total. The number of nitrogens with zero attached hydrogens (tertiary/aromatic N) is 5. The van der Waals surface area contributed by atoms with Crippen LogP contribution in [0.15, 0.2) is 241 Å². The monoisotopic (exact) mass is 929 g/mol. The maximum absolute atomic E-state index is 6.71. The molecule has 0 spiro atoms. The first kappa shape index (κ1) is 39.9. The molecule has 0 radical (unpaired) electrons. The van der Waals surface area contributed by atoms with Crippen molar-refractivity contribution in [3.63, 3.8) is 0 Å². The molecule has 0 aliphatic rings. The first-order valence-corrected chi connectivity index (χ1v) is 24.7. The quantitative estimate of drug-likeness (QED) is 0.173. The van der Waals surface area contributed by atoms with Gasteiger partial charge >= 0.3 is 0 Å². The summed E-state index contributed by atoms with van der Waals surface area (Å²) in [5.41, 5.74) is 11.1. The number of para-hydroxylation sites is 2. The van der Waals surface area contributed by atoms with Gasteiger partial charge in [0.15, 0.2) is 17.5 Å². The van der Waals surface area contributed by atoms with Crippen LogP contribution in [0.3, 0.4) is 0 Å². The van der Waals surface area contributed by atoms with Gasteiger partial charge in [-0.3, -0.25) is 0 Å². The minimum atomic E-state index is 0.582. The summed E-state index contributed by atoms with van der Waals surface area (Å²) in [4.78, 5) is 16.0. The zero-order valence-corrected chi connectivity index (χ0v) is 39.2. The summed E-state index contributed by atoms with van der Waals surface area (Å²) in [6.07, 6.45) is 0. The Bertz CT molecular complexity index is 4980. The Morgan fingerprint density at radius 3 is 1.73 bits per heavy atom. The summed E-state index contributed by atoms with van der Waals surface area (Å²) in [6.45, 7) is 0. The third-order valence-corrected chi connectivity index (χ3v) is 15.1. The van der Waals surface area contributed by atoms with Crippen molar-refractivity contribution in [2.24, 2.45) is 0 Å². The zero-order chi connectivity index (χ0) is 47.7. The lowest BCUT2D eigenvalue weighted by Gasteiger charge is -2.12. The zero-order valence-electron chi connectivity index (χ0n) is 39.2. The molecule has 0 fully saturated rings. The summed E-state index contributed by atoms with van der Waals surface area (Å²) in [5.74, 6) is 1.79. The Hall–Kier alpha value is -9.91. The van der Waals surface area contributed by atoms with Crippen LogP contribution in [-0.2, 0) is 0 Å². The number of fused-ring (bicyclic) bond motifs is 15. The van der Waals surface area contributed by atoms with Gasteiger partial charge in [-0.1, -0.05) is 164 Å². The highest BCUT2D eigenvalue weighted by Crippen LogP contribution is 2.43. The fourth-order valence-electron chi connectivity index (χ4n) is 11.7. The fraction of sp³-hybridized carbons (Fsp3) is 0. The highest BCUT2D eigenvalue weighted by atomic mass is 16.3. The molecule has 0 aliphatic carbocycles. The molecular weight excluding hydrogens is 891 g/mol. The lowest BCUT2D eigenvalue weighted by molar-refractivity contribution is 0.669. The van der Waals surface area contributed by atoms with Crippen LogP contribution in [0.25, 0.3) is 154 Å². The van der Waals surface area contributed by atoms with E-state index in [2.05, 4.69) is 246 Å². The summed E-state index contributed by atoms with van der Waals surface area (Å²) >= 11 is 0. The van der Waals surface area contributed by atoms with Crippen molar-refractivity contribution < 1.29 is 4.42 Å². The molecule has 0 bridgehead atoms. The normalized spacial score (nSPS) is 12.1. The summed E-state index contributed by atoms with van der Waals surface area (Å²) in [7, 11) is 0. The molecule has 0 unspecified atom stereocenters. The average Bonchev–Trinajstić information content (AvgIpc) is 4.11. The second-order valence-electron chi connectivity index (χ2n) is 19.1. The molecule has 12 aromatic carbocycles. The van der Waals surface area contributed by atoms with Crippen molar-refractivity contribution in [2.75, 3.05) is 0 Å². The standard InChI is InChI=1S/C67H39N5O/c1-2-18-47(19-3-1)71-58-24-11-10-22-51(58)52-31-27-46(38-59(52)71)66-68-65(69-67(70-66)54-23-12-17-40-13-6-8-20-49(40)54)45-29-33-61-57(36-45)63-55-39-48(30-25-42(55)28-34-62(63)73-61)72-60-37-44-16-5-4-15-43(44)35-56(60)53-32-26-41-14-7-9-21-50(41)64(53)72/h1-39H. The van der Waals surface area contributed by atoms with Gasteiger partial charge in [-0.05, 0) is 110 Å². The molecule has 4 heterocycles. The van der Waals surface area contributed by atoms with Gasteiger partial charge in [0.25, 0.3) is 0 Å². The first-order chi connectivity index (χ1) is 36.2. The molecule has 0 aliphatic heterocycles. The van der Waals surface area contributed by atoms with E-state index in [9.17, 15) is 0 Å². The smallest absolute Gasteiger partial charge is 0.164 e. The summed E-state index contributed by atoms with van der Waals surface area (Å²) in [6, 6.07) is 84.6. The molecule has 0 atom stereocenters. The fourth-order valence-corrected chi connectivity index (χ4v) is 11.7. The van der Waals surface area contributed by atoms with Gasteiger partial charge in [-0.2, -0.15) is 0 Å². The van der Waals surface area contributed by atoms with Gasteiger partial charge in [0, 0.05) is 65.8 Å². The SMILES string of the molecule is c1ccc(-n2c3ccccc3c3ccc(-c4nc(-c5ccc6oc7ccc8ccc(-n9c%10cc%11ccccc%11cc%10c%10ccc%11ccccc%11c%109)cc8c7c6c5)nc(-c5cccc6ccccc56)n4)cc32)cc1.